The van der Waals surface area contributed by atoms with Crippen LogP contribution in [0.3, 0.4) is 0 Å². The maximum Gasteiger partial charge on any atom is 0.139 e. The van der Waals surface area contributed by atoms with Crippen LogP contribution >= 0.6 is 0 Å². The predicted octanol–water partition coefficient (Wildman–Crippen LogP) is 14.5. The highest BCUT2D eigenvalue weighted by atomic mass is 16.3. The Labute approximate surface area is 323 Å². The molecular weight excluding hydrogens is 667 g/mol. The Morgan fingerprint density at radius 3 is 1.56 bits per heavy atom. The molecule has 0 fully saturated rings. The van der Waals surface area contributed by atoms with Gasteiger partial charge in [-0.3, -0.25) is 0 Å². The van der Waals surface area contributed by atoms with E-state index in [-0.39, 0.29) is 16.2 Å². The fourth-order valence-electron chi connectivity index (χ4n) is 10.4. The molecule has 0 saturated carbocycles. The van der Waals surface area contributed by atoms with Gasteiger partial charge in [-0.2, -0.15) is 0 Å². The Balaban J connectivity index is 1.08. The van der Waals surface area contributed by atoms with Crippen LogP contribution in [0.2, 0.25) is 0 Å². The van der Waals surface area contributed by atoms with Gasteiger partial charge in [-0.1, -0.05) is 145 Å². The third-order valence-corrected chi connectivity index (χ3v) is 13.2. The van der Waals surface area contributed by atoms with Crippen molar-refractivity contribution in [3.63, 3.8) is 0 Å². The van der Waals surface area contributed by atoms with Crippen LogP contribution in [-0.4, -0.2) is 0 Å². The van der Waals surface area contributed by atoms with E-state index in [0.29, 0.717) is 0 Å². The van der Waals surface area contributed by atoms with Crippen LogP contribution in [0.15, 0.2) is 156 Å². The van der Waals surface area contributed by atoms with E-state index >= 15 is 0 Å². The first-order valence-corrected chi connectivity index (χ1v) is 19.6. The monoisotopic (exact) mass is 709 g/mol. The lowest BCUT2D eigenvalue weighted by molar-refractivity contribution is 0.619. The van der Waals surface area contributed by atoms with Crippen molar-refractivity contribution in [3.05, 3.63) is 185 Å². The fourth-order valence-corrected chi connectivity index (χ4v) is 10.4. The van der Waals surface area contributed by atoms with Crippen molar-refractivity contribution >= 4 is 28.0 Å². The van der Waals surface area contributed by atoms with Crippen molar-refractivity contribution in [2.75, 3.05) is 4.90 Å². The van der Waals surface area contributed by atoms with Gasteiger partial charge in [-0.15, -0.1) is 0 Å². The van der Waals surface area contributed by atoms with Gasteiger partial charge in [-0.25, -0.2) is 0 Å². The molecule has 0 N–H and O–H groups in total. The predicted molar refractivity (Wildman–Crippen MR) is 229 cm³/mol. The second-order valence-corrected chi connectivity index (χ2v) is 17.4. The van der Waals surface area contributed by atoms with Crippen LogP contribution in [0.5, 0.6) is 0 Å². The first-order chi connectivity index (χ1) is 26.5. The van der Waals surface area contributed by atoms with Gasteiger partial charge in [0.05, 0.1) is 0 Å². The number of anilines is 3. The van der Waals surface area contributed by atoms with E-state index in [4.69, 9.17) is 4.42 Å². The minimum atomic E-state index is -0.142. The highest BCUT2D eigenvalue weighted by molar-refractivity contribution is 5.96. The number of furan rings is 1. The summed E-state index contributed by atoms with van der Waals surface area (Å²) in [7, 11) is 0. The molecule has 1 aromatic heterocycles. The van der Waals surface area contributed by atoms with Crippen molar-refractivity contribution in [2.45, 2.75) is 57.8 Å². The largest absolute Gasteiger partial charge is 0.456 e. The summed E-state index contributed by atoms with van der Waals surface area (Å²) in [6.45, 7) is 14.1. The summed E-state index contributed by atoms with van der Waals surface area (Å²) in [5.74, 6) is 1.00. The second kappa shape index (κ2) is 11.0. The lowest BCUT2D eigenvalue weighted by Gasteiger charge is -2.30. The van der Waals surface area contributed by atoms with Crippen molar-refractivity contribution in [3.8, 4) is 44.7 Å². The van der Waals surface area contributed by atoms with Crippen molar-refractivity contribution in [1.29, 1.82) is 0 Å². The topological polar surface area (TPSA) is 16.4 Å². The van der Waals surface area contributed by atoms with Crippen LogP contribution < -0.4 is 4.90 Å². The number of hydrogen-bond acceptors (Lipinski definition) is 2. The Hall–Kier alpha value is -6.12. The Morgan fingerprint density at radius 1 is 0.382 bits per heavy atom. The molecule has 266 valence electrons. The van der Waals surface area contributed by atoms with Gasteiger partial charge < -0.3 is 9.32 Å². The number of rotatable bonds is 4. The van der Waals surface area contributed by atoms with Gasteiger partial charge in [0.15, 0.2) is 0 Å². The van der Waals surface area contributed by atoms with Crippen LogP contribution in [0.1, 0.15) is 74.9 Å². The van der Waals surface area contributed by atoms with E-state index in [2.05, 4.69) is 198 Å². The van der Waals surface area contributed by atoms with Crippen LogP contribution in [0.4, 0.5) is 17.1 Å². The SMILES string of the molecule is CC1(C)c2ccccc2-c2ccc(N(c3cccc(-c4ccc5c(c4)-c4oc6ccccc6c4C5(C)C)c3)c3ccc4c(c3)C(C)(C)c3ccccc3-4)cc21. The van der Waals surface area contributed by atoms with Gasteiger partial charge in [0.1, 0.15) is 11.3 Å². The summed E-state index contributed by atoms with van der Waals surface area (Å²) in [6, 6.07) is 56.5. The normalized spacial score (nSPS) is 15.9. The molecule has 3 aliphatic rings. The maximum atomic E-state index is 6.59. The third kappa shape index (κ3) is 4.37. The molecule has 2 heteroatoms. The number of benzene rings is 7. The summed E-state index contributed by atoms with van der Waals surface area (Å²) in [5.41, 5.74) is 21.0. The first kappa shape index (κ1) is 32.3. The highest BCUT2D eigenvalue weighted by Crippen LogP contribution is 2.55. The van der Waals surface area contributed by atoms with Crippen molar-refractivity contribution in [1.82, 2.24) is 0 Å². The van der Waals surface area contributed by atoms with Crippen LogP contribution in [0.25, 0.3) is 55.7 Å². The minimum Gasteiger partial charge on any atom is -0.456 e. The van der Waals surface area contributed by atoms with Crippen LogP contribution in [0, 0.1) is 0 Å². The summed E-state index contributed by atoms with van der Waals surface area (Å²) in [5, 5.41) is 1.21. The zero-order chi connectivity index (χ0) is 37.4. The fraction of sp³-hybridized carbons (Fsp3) is 0.170. The number of hydrogen-bond donors (Lipinski definition) is 0. The third-order valence-electron chi connectivity index (χ3n) is 13.2. The number of fused-ring (bicyclic) bond motifs is 11. The Bertz CT molecular complexity index is 2810. The first-order valence-electron chi connectivity index (χ1n) is 19.6. The van der Waals surface area contributed by atoms with Gasteiger partial charge in [0.25, 0.3) is 0 Å². The summed E-state index contributed by atoms with van der Waals surface area (Å²) in [4.78, 5) is 2.47. The standard InChI is InChI=1S/C53H43NO/c1-51(2)43-19-10-7-16-37(43)39-25-23-35(30-46(39)51)54(36-24-26-40-38-17-8-11-20-44(38)52(3,4)47(40)31-36)34-15-13-14-32(28-34)33-22-27-45-42(29-33)50-49(53(45,5)6)41-18-9-12-21-48(41)55-50/h7-31H,1-6H3. The molecule has 3 aliphatic carbocycles. The van der Waals surface area contributed by atoms with E-state index in [1.807, 2.05) is 0 Å². The molecule has 0 amide bonds. The molecule has 0 unspecified atom stereocenters. The summed E-state index contributed by atoms with van der Waals surface area (Å²) in [6.07, 6.45) is 0. The molecule has 0 spiro atoms. The Kier molecular flexibility index (Phi) is 6.45. The zero-order valence-electron chi connectivity index (χ0n) is 32.3. The van der Waals surface area contributed by atoms with E-state index in [0.717, 1.165) is 28.4 Å². The summed E-state index contributed by atoms with van der Waals surface area (Å²) >= 11 is 0. The quantitative estimate of drug-likeness (QED) is 0.181. The number of para-hydroxylation sites is 1. The molecule has 0 bridgehead atoms. The lowest BCUT2D eigenvalue weighted by atomic mass is 9.81. The zero-order valence-corrected chi connectivity index (χ0v) is 32.3. The maximum absolute atomic E-state index is 6.59. The van der Waals surface area contributed by atoms with Gasteiger partial charge >= 0.3 is 0 Å². The molecule has 55 heavy (non-hydrogen) atoms. The van der Waals surface area contributed by atoms with E-state index in [1.165, 1.54) is 77.7 Å². The van der Waals surface area contributed by atoms with Crippen molar-refractivity contribution in [2.24, 2.45) is 0 Å². The lowest BCUT2D eigenvalue weighted by Crippen LogP contribution is -2.18. The van der Waals surface area contributed by atoms with E-state index in [1.54, 1.807) is 0 Å². The average molecular weight is 710 g/mol. The van der Waals surface area contributed by atoms with E-state index in [9.17, 15) is 0 Å². The molecular formula is C53H43NO. The van der Waals surface area contributed by atoms with Gasteiger partial charge in [0, 0.05) is 49.8 Å². The highest BCUT2D eigenvalue weighted by Gasteiger charge is 2.41. The minimum absolute atomic E-state index is 0.106. The average Bonchev–Trinajstić information content (AvgIpc) is 3.85. The van der Waals surface area contributed by atoms with Crippen LogP contribution in [-0.2, 0) is 16.2 Å². The Morgan fingerprint density at radius 2 is 0.909 bits per heavy atom. The molecule has 0 saturated heterocycles. The molecule has 1 heterocycles. The molecule has 0 aliphatic heterocycles. The number of nitrogens with zero attached hydrogens (tertiary/aromatic N) is 1. The second-order valence-electron chi connectivity index (χ2n) is 17.4. The molecule has 0 atom stereocenters. The van der Waals surface area contributed by atoms with Gasteiger partial charge in [0.2, 0.25) is 0 Å². The van der Waals surface area contributed by atoms with Gasteiger partial charge in [-0.05, 0) is 110 Å². The molecule has 0 radical (unpaired) electrons. The molecule has 2 nitrogen and oxygen atoms in total. The molecule has 8 aromatic rings. The smallest absolute Gasteiger partial charge is 0.139 e. The summed E-state index contributed by atoms with van der Waals surface area (Å²) < 4.78 is 6.59. The molecule has 11 rings (SSSR count). The van der Waals surface area contributed by atoms with Crippen molar-refractivity contribution < 1.29 is 4.42 Å². The molecule has 7 aromatic carbocycles. The van der Waals surface area contributed by atoms with E-state index < -0.39 is 0 Å².